The van der Waals surface area contributed by atoms with Gasteiger partial charge in [0.15, 0.2) is 5.75 Å². The Hall–Kier alpha value is -1.78. The molecule has 0 fully saturated rings. The van der Waals surface area contributed by atoms with E-state index in [1.165, 1.54) is 25.4 Å². The second-order valence-electron chi connectivity index (χ2n) is 3.53. The van der Waals surface area contributed by atoms with Crippen LogP contribution in [0.15, 0.2) is 36.5 Å². The van der Waals surface area contributed by atoms with Gasteiger partial charge in [0.1, 0.15) is 0 Å². The quantitative estimate of drug-likeness (QED) is 0.804. The summed E-state index contributed by atoms with van der Waals surface area (Å²) in [6, 6.07) is 7.97. The number of esters is 1. The summed E-state index contributed by atoms with van der Waals surface area (Å²) in [6.45, 7) is 0. The largest absolute Gasteiger partial charge is 0.465 e. The molecular formula is C13H9Cl2NO3. The van der Waals surface area contributed by atoms with Crippen LogP contribution in [0.1, 0.15) is 10.4 Å². The number of para-hydroxylation sites is 1. The van der Waals surface area contributed by atoms with Gasteiger partial charge in [0.05, 0.1) is 22.7 Å². The van der Waals surface area contributed by atoms with Gasteiger partial charge in [-0.15, -0.1) is 0 Å². The highest BCUT2D eigenvalue weighted by atomic mass is 35.5. The molecule has 2 aromatic rings. The van der Waals surface area contributed by atoms with Crippen LogP contribution < -0.4 is 4.74 Å². The summed E-state index contributed by atoms with van der Waals surface area (Å²) < 4.78 is 10.1. The van der Waals surface area contributed by atoms with Gasteiger partial charge in [-0.1, -0.05) is 29.3 Å². The molecule has 0 unspecified atom stereocenters. The Morgan fingerprint density at radius 3 is 2.53 bits per heavy atom. The maximum Gasteiger partial charge on any atom is 0.338 e. The molecule has 0 radical (unpaired) electrons. The van der Waals surface area contributed by atoms with Crippen molar-refractivity contribution in [1.29, 1.82) is 0 Å². The van der Waals surface area contributed by atoms with Crippen LogP contribution >= 0.6 is 23.2 Å². The molecule has 0 atom stereocenters. The lowest BCUT2D eigenvalue weighted by Gasteiger charge is -2.08. The van der Waals surface area contributed by atoms with E-state index in [0.717, 1.165) is 0 Å². The van der Waals surface area contributed by atoms with Crippen molar-refractivity contribution >= 4 is 29.2 Å². The Bertz CT molecular complexity index is 596. The minimum atomic E-state index is -0.475. The van der Waals surface area contributed by atoms with Crippen molar-refractivity contribution in [3.05, 3.63) is 52.1 Å². The number of halogens is 2. The van der Waals surface area contributed by atoms with Crippen LogP contribution in [0.2, 0.25) is 10.0 Å². The molecule has 19 heavy (non-hydrogen) atoms. The highest BCUT2D eigenvalue weighted by Gasteiger charge is 2.11. The zero-order valence-corrected chi connectivity index (χ0v) is 11.4. The van der Waals surface area contributed by atoms with Gasteiger partial charge < -0.3 is 9.47 Å². The number of benzene rings is 1. The van der Waals surface area contributed by atoms with E-state index in [1.54, 1.807) is 18.2 Å². The first-order valence-corrected chi connectivity index (χ1v) is 6.03. The first-order chi connectivity index (χ1) is 9.11. The van der Waals surface area contributed by atoms with Crippen LogP contribution in [0.25, 0.3) is 0 Å². The lowest BCUT2D eigenvalue weighted by Crippen LogP contribution is -2.01. The second kappa shape index (κ2) is 5.91. The van der Waals surface area contributed by atoms with Gasteiger partial charge in [-0.25, -0.2) is 9.78 Å². The number of pyridine rings is 1. The topological polar surface area (TPSA) is 48.4 Å². The number of hydrogen-bond donors (Lipinski definition) is 0. The van der Waals surface area contributed by atoms with Crippen molar-refractivity contribution in [2.45, 2.75) is 0 Å². The maximum atomic E-state index is 11.4. The molecule has 6 heteroatoms. The maximum absolute atomic E-state index is 11.4. The number of nitrogens with zero attached hydrogens (tertiary/aromatic N) is 1. The van der Waals surface area contributed by atoms with E-state index < -0.39 is 5.97 Å². The number of rotatable bonds is 3. The van der Waals surface area contributed by atoms with Crippen LogP contribution in [0.4, 0.5) is 0 Å². The van der Waals surface area contributed by atoms with Gasteiger partial charge in [0.25, 0.3) is 0 Å². The highest BCUT2D eigenvalue weighted by Crippen LogP contribution is 2.35. The fourth-order valence-electron chi connectivity index (χ4n) is 1.39. The van der Waals surface area contributed by atoms with E-state index in [0.29, 0.717) is 21.4 Å². The molecule has 98 valence electrons. The van der Waals surface area contributed by atoms with Crippen molar-refractivity contribution in [2.24, 2.45) is 0 Å². The molecule has 0 amide bonds. The lowest BCUT2D eigenvalue weighted by molar-refractivity contribution is 0.0600. The number of methoxy groups -OCH3 is 1. The summed E-state index contributed by atoms with van der Waals surface area (Å²) in [6.07, 6.45) is 1.44. The van der Waals surface area contributed by atoms with Crippen LogP contribution in [-0.4, -0.2) is 18.1 Å². The van der Waals surface area contributed by atoms with Gasteiger partial charge in [-0.3, -0.25) is 0 Å². The Morgan fingerprint density at radius 2 is 1.89 bits per heavy atom. The fraction of sp³-hybridized carbons (Fsp3) is 0.0769. The van der Waals surface area contributed by atoms with Gasteiger partial charge in [-0.2, -0.15) is 0 Å². The lowest BCUT2D eigenvalue weighted by atomic mass is 10.3. The summed E-state index contributed by atoms with van der Waals surface area (Å²) in [7, 11) is 1.30. The van der Waals surface area contributed by atoms with Crippen molar-refractivity contribution in [3.8, 4) is 11.6 Å². The monoisotopic (exact) mass is 297 g/mol. The molecule has 4 nitrogen and oxygen atoms in total. The first kappa shape index (κ1) is 13.6. The molecular weight excluding hydrogens is 289 g/mol. The third-order valence-corrected chi connectivity index (χ3v) is 2.88. The minimum Gasteiger partial charge on any atom is -0.465 e. The number of hydrogen-bond acceptors (Lipinski definition) is 4. The standard InChI is InChI=1S/C13H9Cl2NO3/c1-18-13(17)8-5-6-16-11(7-8)19-12-9(14)3-2-4-10(12)15/h2-7H,1H3. The third-order valence-electron chi connectivity index (χ3n) is 2.28. The van der Waals surface area contributed by atoms with E-state index in [4.69, 9.17) is 27.9 Å². The number of carbonyl (C=O) groups is 1. The smallest absolute Gasteiger partial charge is 0.338 e. The number of ether oxygens (including phenoxy) is 2. The molecule has 0 aliphatic carbocycles. The van der Waals surface area contributed by atoms with Gasteiger partial charge >= 0.3 is 5.97 Å². The van der Waals surface area contributed by atoms with Crippen molar-refractivity contribution in [1.82, 2.24) is 4.98 Å². The SMILES string of the molecule is COC(=O)c1ccnc(Oc2c(Cl)cccc2Cl)c1. The molecule has 0 saturated heterocycles. The van der Waals surface area contributed by atoms with Gasteiger partial charge in [0.2, 0.25) is 5.88 Å². The van der Waals surface area contributed by atoms with Crippen molar-refractivity contribution in [3.63, 3.8) is 0 Å². The highest BCUT2D eigenvalue weighted by molar-refractivity contribution is 6.37. The number of aromatic nitrogens is 1. The Balaban J connectivity index is 2.31. The van der Waals surface area contributed by atoms with Crippen LogP contribution in [-0.2, 0) is 4.74 Å². The van der Waals surface area contributed by atoms with E-state index in [-0.39, 0.29) is 5.88 Å². The van der Waals surface area contributed by atoms with Crippen molar-refractivity contribution < 1.29 is 14.3 Å². The summed E-state index contributed by atoms with van der Waals surface area (Å²) in [5.74, 6) is 0.0238. The fourth-order valence-corrected chi connectivity index (χ4v) is 1.87. The Kier molecular flexibility index (Phi) is 4.24. The van der Waals surface area contributed by atoms with E-state index in [2.05, 4.69) is 9.72 Å². The molecule has 2 rings (SSSR count). The molecule has 0 N–H and O–H groups in total. The third kappa shape index (κ3) is 3.16. The normalized spacial score (nSPS) is 10.1. The minimum absolute atomic E-state index is 0.206. The molecule has 0 spiro atoms. The van der Waals surface area contributed by atoms with Gasteiger partial charge in [0, 0.05) is 12.3 Å². The molecule has 1 aromatic heterocycles. The van der Waals surface area contributed by atoms with Crippen LogP contribution in [0, 0.1) is 0 Å². The molecule has 0 bridgehead atoms. The van der Waals surface area contributed by atoms with E-state index >= 15 is 0 Å². The summed E-state index contributed by atoms with van der Waals surface area (Å²) >= 11 is 12.0. The average Bonchev–Trinajstić information content (AvgIpc) is 2.42. The predicted molar refractivity (Wildman–Crippen MR) is 72.1 cm³/mol. The van der Waals surface area contributed by atoms with E-state index in [1.807, 2.05) is 0 Å². The van der Waals surface area contributed by atoms with Gasteiger partial charge in [-0.05, 0) is 18.2 Å². The zero-order chi connectivity index (χ0) is 13.8. The molecule has 1 heterocycles. The summed E-state index contributed by atoms with van der Waals surface area (Å²) in [5, 5.41) is 0.718. The Morgan fingerprint density at radius 1 is 1.21 bits per heavy atom. The summed E-state index contributed by atoms with van der Waals surface area (Å²) in [5.41, 5.74) is 0.329. The molecule has 1 aromatic carbocycles. The second-order valence-corrected chi connectivity index (χ2v) is 4.34. The van der Waals surface area contributed by atoms with Crippen molar-refractivity contribution in [2.75, 3.05) is 7.11 Å². The zero-order valence-electron chi connectivity index (χ0n) is 9.89. The van der Waals surface area contributed by atoms with Crippen LogP contribution in [0.5, 0.6) is 11.6 Å². The van der Waals surface area contributed by atoms with E-state index in [9.17, 15) is 4.79 Å². The summed E-state index contributed by atoms with van der Waals surface area (Å²) in [4.78, 5) is 15.4. The molecule has 0 saturated carbocycles. The average molecular weight is 298 g/mol. The molecule has 0 aliphatic rings. The molecule has 0 aliphatic heterocycles. The Labute approximate surface area is 119 Å². The first-order valence-electron chi connectivity index (χ1n) is 5.28. The number of carbonyl (C=O) groups excluding carboxylic acids is 1. The van der Waals surface area contributed by atoms with Crippen LogP contribution in [0.3, 0.4) is 0 Å². The predicted octanol–water partition coefficient (Wildman–Crippen LogP) is 3.97.